The molecule has 0 unspecified atom stereocenters. The smallest absolute Gasteiger partial charge is 0.280 e. The molecule has 0 aliphatic carbocycles. The van der Waals surface area contributed by atoms with Gasteiger partial charge in [0.05, 0.1) is 0 Å². The summed E-state index contributed by atoms with van der Waals surface area (Å²) in [5, 5.41) is 8.55. The summed E-state index contributed by atoms with van der Waals surface area (Å²) in [5.74, 6) is 1.00. The highest BCUT2D eigenvalue weighted by molar-refractivity contribution is 5.90. The fraction of sp³-hybridized carbons (Fsp3) is 0.158. The molecule has 1 aromatic heterocycles. The van der Waals surface area contributed by atoms with Crippen LogP contribution in [0.4, 0.5) is 5.82 Å². The van der Waals surface area contributed by atoms with Gasteiger partial charge in [-0.25, -0.2) is 0 Å². The fourth-order valence-corrected chi connectivity index (χ4v) is 2.63. The molecule has 3 N–H and O–H groups in total. The molecule has 0 aliphatic rings. The molecule has 24 heavy (non-hydrogen) atoms. The van der Waals surface area contributed by atoms with Crippen LogP contribution in [0.2, 0.25) is 0 Å². The molecule has 0 saturated carbocycles. The van der Waals surface area contributed by atoms with E-state index in [1.807, 2.05) is 41.7 Å². The van der Waals surface area contributed by atoms with Crippen molar-refractivity contribution in [1.29, 1.82) is 0 Å². The number of benzene rings is 2. The van der Waals surface area contributed by atoms with E-state index in [-0.39, 0.29) is 11.9 Å². The van der Waals surface area contributed by atoms with Crippen LogP contribution in [0.15, 0.2) is 71.3 Å². The molecule has 1 amide bonds. The van der Waals surface area contributed by atoms with Gasteiger partial charge in [-0.15, -0.1) is 0 Å². The maximum Gasteiger partial charge on any atom is 0.280 e. The van der Waals surface area contributed by atoms with Crippen molar-refractivity contribution >= 4 is 11.7 Å². The maximum absolute atomic E-state index is 12.2. The summed E-state index contributed by atoms with van der Waals surface area (Å²) < 4.78 is 4.95. The first-order valence-electron chi connectivity index (χ1n) is 7.89. The van der Waals surface area contributed by atoms with Crippen molar-refractivity contribution in [2.75, 3.05) is 11.9 Å². The average Bonchev–Trinajstić information content (AvgIpc) is 3.02. The quantitative estimate of drug-likeness (QED) is 0.731. The van der Waals surface area contributed by atoms with Gasteiger partial charge in [0.25, 0.3) is 5.91 Å². The zero-order valence-corrected chi connectivity index (χ0v) is 13.5. The minimum atomic E-state index is -0.111. The van der Waals surface area contributed by atoms with E-state index in [0.29, 0.717) is 18.1 Å². The summed E-state index contributed by atoms with van der Waals surface area (Å²) in [7, 11) is 0. The number of amides is 1. The van der Waals surface area contributed by atoms with Crippen LogP contribution in [-0.4, -0.2) is 17.6 Å². The number of nitrogens with one attached hydrogen (secondary N) is 1. The third-order valence-corrected chi connectivity index (χ3v) is 3.75. The highest BCUT2D eigenvalue weighted by Crippen LogP contribution is 2.17. The lowest BCUT2D eigenvalue weighted by molar-refractivity contribution is -0.676. The molecule has 5 heteroatoms. The number of nitrogens with two attached hydrogens (primary N) is 1. The zero-order chi connectivity index (χ0) is 16.8. The number of rotatable bonds is 6. The van der Waals surface area contributed by atoms with Gasteiger partial charge in [0.15, 0.2) is 12.4 Å². The summed E-state index contributed by atoms with van der Waals surface area (Å²) in [5.41, 5.74) is 2.32. The Hall–Kier alpha value is -2.92. The van der Waals surface area contributed by atoms with Crippen LogP contribution in [0.5, 0.6) is 0 Å². The van der Waals surface area contributed by atoms with E-state index in [9.17, 15) is 4.79 Å². The molecule has 122 valence electrons. The Morgan fingerprint density at radius 1 is 1.08 bits per heavy atom. The van der Waals surface area contributed by atoms with Crippen LogP contribution in [0.3, 0.4) is 0 Å². The number of anilines is 1. The second kappa shape index (κ2) is 7.57. The lowest BCUT2D eigenvalue weighted by Gasteiger charge is -2.16. The lowest BCUT2D eigenvalue weighted by atomic mass is 9.99. The predicted octanol–water partition coefficient (Wildman–Crippen LogP) is 2.27. The van der Waals surface area contributed by atoms with Crippen molar-refractivity contribution < 1.29 is 14.6 Å². The van der Waals surface area contributed by atoms with Crippen LogP contribution >= 0.6 is 0 Å². The molecule has 1 heterocycles. The van der Waals surface area contributed by atoms with E-state index >= 15 is 0 Å². The Morgan fingerprint density at radius 2 is 1.67 bits per heavy atom. The van der Waals surface area contributed by atoms with E-state index in [4.69, 9.17) is 4.52 Å². The fourth-order valence-electron chi connectivity index (χ4n) is 2.63. The molecule has 0 atom stereocenters. The van der Waals surface area contributed by atoms with Crippen LogP contribution in [-0.2, 0) is 4.79 Å². The van der Waals surface area contributed by atoms with Crippen molar-refractivity contribution in [3.63, 3.8) is 0 Å². The topological polar surface area (TPSA) is 71.7 Å². The highest BCUT2D eigenvalue weighted by atomic mass is 16.5. The highest BCUT2D eigenvalue weighted by Gasteiger charge is 2.19. The molecular formula is C19H20N3O2+. The molecule has 0 fully saturated rings. The van der Waals surface area contributed by atoms with E-state index in [1.54, 1.807) is 13.0 Å². The third-order valence-electron chi connectivity index (χ3n) is 3.75. The first-order valence-corrected chi connectivity index (χ1v) is 7.89. The molecule has 2 aromatic carbocycles. The van der Waals surface area contributed by atoms with Gasteiger partial charge in [-0.05, 0) is 6.92 Å². The molecular weight excluding hydrogens is 302 g/mol. The molecule has 0 radical (unpaired) electrons. The Morgan fingerprint density at radius 3 is 2.17 bits per heavy atom. The van der Waals surface area contributed by atoms with Crippen LogP contribution in [0, 0.1) is 6.92 Å². The summed E-state index contributed by atoms with van der Waals surface area (Å²) in [6, 6.07) is 22.1. The van der Waals surface area contributed by atoms with E-state index < -0.39 is 0 Å². The van der Waals surface area contributed by atoms with Crippen molar-refractivity contribution in [2.24, 2.45) is 0 Å². The largest absolute Gasteiger partial charge is 0.360 e. The molecule has 5 nitrogen and oxygen atoms in total. The van der Waals surface area contributed by atoms with Crippen molar-refractivity contribution in [1.82, 2.24) is 5.16 Å². The Bertz CT molecular complexity index is 745. The summed E-state index contributed by atoms with van der Waals surface area (Å²) >= 11 is 0. The molecule has 3 rings (SSSR count). The third kappa shape index (κ3) is 4.08. The number of hydrogen-bond acceptors (Lipinski definition) is 3. The van der Waals surface area contributed by atoms with Gasteiger partial charge in [0.1, 0.15) is 11.8 Å². The number of carbonyl (C=O) groups excluding carboxylic acids is 1. The Kier molecular flexibility index (Phi) is 5.03. The van der Waals surface area contributed by atoms with Gasteiger partial charge >= 0.3 is 0 Å². The number of carbonyl (C=O) groups is 1. The summed E-state index contributed by atoms with van der Waals surface area (Å²) in [4.78, 5) is 12.2. The van der Waals surface area contributed by atoms with Crippen LogP contribution in [0.1, 0.15) is 22.9 Å². The molecule has 0 spiro atoms. The van der Waals surface area contributed by atoms with E-state index in [1.165, 1.54) is 0 Å². The molecule has 0 bridgehead atoms. The SMILES string of the molecule is Cc1cc(NC(=O)C[NH2+]C(c2ccccc2)c2ccccc2)no1. The molecule has 3 aromatic rings. The van der Waals surface area contributed by atoms with E-state index in [2.05, 4.69) is 34.7 Å². The number of nitrogens with zero attached hydrogens (tertiary/aromatic N) is 1. The van der Waals surface area contributed by atoms with Gasteiger partial charge in [-0.3, -0.25) is 4.79 Å². The van der Waals surface area contributed by atoms with Crippen LogP contribution in [0.25, 0.3) is 0 Å². The van der Waals surface area contributed by atoms with Crippen molar-refractivity contribution in [3.05, 3.63) is 83.6 Å². The molecule has 0 saturated heterocycles. The number of quaternary nitrogens is 1. The minimum absolute atomic E-state index is 0.0668. The predicted molar refractivity (Wildman–Crippen MR) is 91.4 cm³/mol. The van der Waals surface area contributed by atoms with Gasteiger partial charge in [0, 0.05) is 17.2 Å². The van der Waals surface area contributed by atoms with Crippen molar-refractivity contribution in [2.45, 2.75) is 13.0 Å². The van der Waals surface area contributed by atoms with Gasteiger partial charge in [-0.1, -0.05) is 65.8 Å². The minimum Gasteiger partial charge on any atom is -0.360 e. The zero-order valence-electron chi connectivity index (χ0n) is 13.5. The van der Waals surface area contributed by atoms with Gasteiger partial charge in [-0.2, -0.15) is 0 Å². The van der Waals surface area contributed by atoms with Gasteiger partial charge < -0.3 is 15.2 Å². The van der Waals surface area contributed by atoms with Crippen molar-refractivity contribution in [3.8, 4) is 0 Å². The Balaban J connectivity index is 1.69. The summed E-state index contributed by atoms with van der Waals surface area (Å²) in [6.07, 6.45) is 0. The van der Waals surface area contributed by atoms with Crippen LogP contribution < -0.4 is 10.6 Å². The number of aromatic nitrogens is 1. The summed E-state index contributed by atoms with van der Waals surface area (Å²) in [6.45, 7) is 2.08. The standard InChI is InChI=1S/C19H19N3O2/c1-14-12-17(22-24-14)21-18(23)13-20-19(15-8-4-2-5-9-15)16-10-6-3-7-11-16/h2-12,19-20H,13H2,1H3,(H,21,22,23)/p+1. The monoisotopic (exact) mass is 322 g/mol. The van der Waals surface area contributed by atoms with Gasteiger partial charge in [0.2, 0.25) is 0 Å². The lowest BCUT2D eigenvalue weighted by Crippen LogP contribution is -2.87. The number of hydrogen-bond donors (Lipinski definition) is 2. The normalized spacial score (nSPS) is 10.8. The van der Waals surface area contributed by atoms with E-state index in [0.717, 1.165) is 11.1 Å². The second-order valence-corrected chi connectivity index (χ2v) is 5.61. The molecule has 0 aliphatic heterocycles. The first kappa shape index (κ1) is 16.0. The number of aryl methyl sites for hydroxylation is 1. The maximum atomic E-state index is 12.2. The average molecular weight is 322 g/mol. The Labute approximate surface area is 140 Å². The first-order chi connectivity index (χ1) is 11.7. The second-order valence-electron chi connectivity index (χ2n) is 5.61.